The van der Waals surface area contributed by atoms with Gasteiger partial charge in [0.05, 0.1) is 23.3 Å². The Bertz CT molecular complexity index is 1340. The van der Waals surface area contributed by atoms with E-state index in [1.807, 2.05) is 10.7 Å². The lowest BCUT2D eigenvalue weighted by Gasteiger charge is -2.16. The predicted molar refractivity (Wildman–Crippen MR) is 122 cm³/mol. The number of likely N-dealkylation sites (tertiary alicyclic amines) is 1. The Hall–Kier alpha value is -3.13. The minimum Gasteiger partial charge on any atom is -0.310 e. The average Bonchev–Trinajstić information content (AvgIpc) is 3.53. The molecule has 0 spiro atoms. The van der Waals surface area contributed by atoms with Crippen molar-refractivity contribution >= 4 is 22.1 Å². The number of nitrogens with zero attached hydrogens (tertiary/aromatic N) is 6. The molecule has 1 aliphatic heterocycles. The molecule has 1 saturated heterocycles. The van der Waals surface area contributed by atoms with Crippen molar-refractivity contribution in [2.24, 2.45) is 5.92 Å². The van der Waals surface area contributed by atoms with E-state index in [9.17, 15) is 4.79 Å². The molecule has 2 fully saturated rings. The number of H-pyrrole nitrogens is 1. The minimum absolute atomic E-state index is 0.0759. The smallest absolute Gasteiger partial charge is 0.262 e. The van der Waals surface area contributed by atoms with E-state index in [1.165, 1.54) is 18.4 Å². The molecule has 4 aromatic rings. The highest BCUT2D eigenvalue weighted by Gasteiger charge is 2.33. The molecule has 0 amide bonds. The van der Waals surface area contributed by atoms with E-state index in [4.69, 9.17) is 4.98 Å². The van der Waals surface area contributed by atoms with E-state index in [1.54, 1.807) is 18.6 Å². The third-order valence-corrected chi connectivity index (χ3v) is 7.13. The zero-order valence-corrected chi connectivity index (χ0v) is 18.2. The molecule has 3 aromatic heterocycles. The standard InChI is InChI=1S/C24H27N7O/c1-15-12-30(13-16-6-7-20-21(10-16)26-9-8-25-20)14-19(15)22-28-23-18(24(32)29-22)11-27-31(23)17-4-2-3-5-17/h6-11,15,17,19H,2-5,12-14H2,1H3,(H,28,29,32)/t15-,19-/m0/s1. The Morgan fingerprint density at radius 3 is 2.75 bits per heavy atom. The van der Waals surface area contributed by atoms with Gasteiger partial charge in [0, 0.05) is 37.9 Å². The zero-order chi connectivity index (χ0) is 21.7. The molecule has 6 rings (SSSR count). The van der Waals surface area contributed by atoms with Crippen molar-refractivity contribution in [3.05, 3.63) is 58.5 Å². The van der Waals surface area contributed by atoms with Crippen LogP contribution in [0.1, 0.15) is 56.0 Å². The first-order chi connectivity index (χ1) is 15.7. The van der Waals surface area contributed by atoms with Gasteiger partial charge in [0.1, 0.15) is 11.2 Å². The molecule has 8 heteroatoms. The van der Waals surface area contributed by atoms with Crippen LogP contribution in [0.4, 0.5) is 0 Å². The second-order valence-corrected chi connectivity index (χ2v) is 9.37. The molecule has 1 saturated carbocycles. The van der Waals surface area contributed by atoms with Crippen LogP contribution in [0.15, 0.2) is 41.6 Å². The molecule has 0 unspecified atom stereocenters. The van der Waals surface area contributed by atoms with Crippen LogP contribution in [0.3, 0.4) is 0 Å². The van der Waals surface area contributed by atoms with Gasteiger partial charge < -0.3 is 4.98 Å². The monoisotopic (exact) mass is 429 g/mol. The summed E-state index contributed by atoms with van der Waals surface area (Å²) < 4.78 is 1.99. The van der Waals surface area contributed by atoms with Gasteiger partial charge in [0.15, 0.2) is 5.65 Å². The van der Waals surface area contributed by atoms with Gasteiger partial charge in [-0.3, -0.25) is 19.7 Å². The van der Waals surface area contributed by atoms with E-state index in [0.29, 0.717) is 17.3 Å². The van der Waals surface area contributed by atoms with Crippen LogP contribution in [0.5, 0.6) is 0 Å². The Morgan fingerprint density at radius 2 is 1.91 bits per heavy atom. The van der Waals surface area contributed by atoms with Gasteiger partial charge in [-0.25, -0.2) is 9.67 Å². The summed E-state index contributed by atoms with van der Waals surface area (Å²) in [6, 6.07) is 6.64. The summed E-state index contributed by atoms with van der Waals surface area (Å²) in [5.41, 5.74) is 3.73. The summed E-state index contributed by atoms with van der Waals surface area (Å²) >= 11 is 0. The maximum atomic E-state index is 12.8. The highest BCUT2D eigenvalue weighted by Crippen LogP contribution is 2.33. The lowest BCUT2D eigenvalue weighted by Crippen LogP contribution is -2.21. The van der Waals surface area contributed by atoms with Crippen molar-refractivity contribution < 1.29 is 0 Å². The molecule has 1 aromatic carbocycles. The Morgan fingerprint density at radius 1 is 1.09 bits per heavy atom. The lowest BCUT2D eigenvalue weighted by atomic mass is 9.97. The fourth-order valence-corrected chi connectivity index (χ4v) is 5.46. The van der Waals surface area contributed by atoms with Crippen LogP contribution in [-0.2, 0) is 6.54 Å². The summed E-state index contributed by atoms with van der Waals surface area (Å²) in [5.74, 6) is 1.39. The van der Waals surface area contributed by atoms with Crippen molar-refractivity contribution in [2.75, 3.05) is 13.1 Å². The van der Waals surface area contributed by atoms with E-state index >= 15 is 0 Å². The van der Waals surface area contributed by atoms with Crippen LogP contribution in [0.25, 0.3) is 22.1 Å². The first-order valence-electron chi connectivity index (χ1n) is 11.5. The van der Waals surface area contributed by atoms with Gasteiger partial charge >= 0.3 is 0 Å². The fourth-order valence-electron chi connectivity index (χ4n) is 5.46. The van der Waals surface area contributed by atoms with Crippen molar-refractivity contribution in [1.82, 2.24) is 34.6 Å². The maximum absolute atomic E-state index is 12.8. The van der Waals surface area contributed by atoms with Gasteiger partial charge in [-0.1, -0.05) is 25.8 Å². The van der Waals surface area contributed by atoms with Crippen molar-refractivity contribution in [3.8, 4) is 0 Å². The summed E-state index contributed by atoms with van der Waals surface area (Å²) in [6.45, 7) is 4.92. The fraction of sp³-hybridized carbons (Fsp3) is 0.458. The summed E-state index contributed by atoms with van der Waals surface area (Å²) in [4.78, 5) is 32.1. The minimum atomic E-state index is -0.0759. The normalized spacial score (nSPS) is 22.4. The first kappa shape index (κ1) is 19.5. The first-order valence-corrected chi connectivity index (χ1v) is 11.5. The second-order valence-electron chi connectivity index (χ2n) is 9.37. The Balaban J connectivity index is 1.27. The van der Waals surface area contributed by atoms with E-state index in [2.05, 4.69) is 44.0 Å². The predicted octanol–water partition coefficient (Wildman–Crippen LogP) is 3.41. The zero-order valence-electron chi connectivity index (χ0n) is 18.2. The van der Waals surface area contributed by atoms with Crippen LogP contribution in [-0.4, -0.2) is 47.7 Å². The van der Waals surface area contributed by atoms with Crippen LogP contribution in [0.2, 0.25) is 0 Å². The summed E-state index contributed by atoms with van der Waals surface area (Å²) in [5, 5.41) is 5.13. The SMILES string of the molecule is C[C@H]1CN(Cc2ccc3nccnc3c2)C[C@@H]1c1nc2c(cnn2C2CCCC2)c(=O)[nH]1. The molecule has 1 N–H and O–H groups in total. The van der Waals surface area contributed by atoms with Crippen LogP contribution >= 0.6 is 0 Å². The highest BCUT2D eigenvalue weighted by molar-refractivity contribution is 5.74. The third kappa shape index (κ3) is 3.39. The Kier molecular flexibility index (Phi) is 4.75. The molecule has 2 aliphatic rings. The van der Waals surface area contributed by atoms with Gasteiger partial charge in [-0.15, -0.1) is 0 Å². The molecule has 8 nitrogen and oxygen atoms in total. The number of hydrogen-bond donors (Lipinski definition) is 1. The van der Waals surface area contributed by atoms with Crippen molar-refractivity contribution in [1.29, 1.82) is 0 Å². The largest absolute Gasteiger partial charge is 0.310 e. The number of rotatable bonds is 4. The van der Waals surface area contributed by atoms with E-state index in [-0.39, 0.29) is 11.5 Å². The van der Waals surface area contributed by atoms with E-state index < -0.39 is 0 Å². The summed E-state index contributed by atoms with van der Waals surface area (Å²) in [7, 11) is 0. The molecule has 0 radical (unpaired) electrons. The number of fused-ring (bicyclic) bond motifs is 2. The third-order valence-electron chi connectivity index (χ3n) is 7.13. The van der Waals surface area contributed by atoms with Gasteiger partial charge in [-0.2, -0.15) is 5.10 Å². The highest BCUT2D eigenvalue weighted by atomic mass is 16.1. The van der Waals surface area contributed by atoms with Gasteiger partial charge in [0.2, 0.25) is 0 Å². The molecule has 2 atom stereocenters. The van der Waals surface area contributed by atoms with Crippen LogP contribution < -0.4 is 5.56 Å². The van der Waals surface area contributed by atoms with Crippen molar-refractivity contribution in [2.45, 2.75) is 51.1 Å². The van der Waals surface area contributed by atoms with Gasteiger partial charge in [-0.05, 0) is 36.5 Å². The molecule has 4 heterocycles. The maximum Gasteiger partial charge on any atom is 0.262 e. The lowest BCUT2D eigenvalue weighted by molar-refractivity contribution is 0.318. The summed E-state index contributed by atoms with van der Waals surface area (Å²) in [6.07, 6.45) is 9.80. The number of aromatic nitrogens is 6. The quantitative estimate of drug-likeness (QED) is 0.534. The molecular formula is C24H27N7O. The topological polar surface area (TPSA) is 92.6 Å². The van der Waals surface area contributed by atoms with E-state index in [0.717, 1.165) is 55.0 Å². The molecule has 0 bridgehead atoms. The second kappa shape index (κ2) is 7.78. The number of nitrogens with one attached hydrogen (secondary N) is 1. The number of aromatic amines is 1. The number of hydrogen-bond acceptors (Lipinski definition) is 6. The van der Waals surface area contributed by atoms with Crippen LogP contribution in [0, 0.1) is 5.92 Å². The molecule has 164 valence electrons. The molecule has 32 heavy (non-hydrogen) atoms. The molecular weight excluding hydrogens is 402 g/mol. The van der Waals surface area contributed by atoms with Crippen molar-refractivity contribution in [3.63, 3.8) is 0 Å². The average molecular weight is 430 g/mol. The number of benzene rings is 1. The van der Waals surface area contributed by atoms with Gasteiger partial charge in [0.25, 0.3) is 5.56 Å². The molecule has 1 aliphatic carbocycles. The Labute approximate surface area is 185 Å².